The monoisotopic (exact) mass is 135 g/mol. The van der Waals surface area contributed by atoms with Crippen LogP contribution in [0.15, 0.2) is 0 Å². The fourth-order valence-corrected chi connectivity index (χ4v) is 0. The highest BCUT2D eigenvalue weighted by Gasteiger charge is 1.83. The topological polar surface area (TPSA) is 66.5 Å². The number of aliphatic hydroxyl groups excluding tert-OH is 2. The van der Waals surface area contributed by atoms with E-state index in [1.807, 2.05) is 0 Å². The first-order chi connectivity index (χ1) is 4.18. The molecule has 1 atom stereocenters. The van der Waals surface area contributed by atoms with Gasteiger partial charge in [-0.05, 0) is 19.9 Å². The molecule has 0 rings (SSSR count). The third-order valence-corrected chi connectivity index (χ3v) is 0.553. The molecule has 0 aliphatic rings. The number of aliphatic hydroxyl groups is 2. The van der Waals surface area contributed by atoms with Crippen molar-refractivity contribution in [3.63, 3.8) is 0 Å². The van der Waals surface area contributed by atoms with E-state index < -0.39 is 6.10 Å². The van der Waals surface area contributed by atoms with E-state index in [2.05, 4.69) is 6.92 Å². The van der Waals surface area contributed by atoms with Crippen LogP contribution in [0.4, 0.5) is 0 Å². The SMILES string of the molecule is CC(O)CO.CCCN. The van der Waals surface area contributed by atoms with Gasteiger partial charge >= 0.3 is 0 Å². The summed E-state index contributed by atoms with van der Waals surface area (Å²) in [6.45, 7) is 4.26. The number of rotatable bonds is 2. The normalized spacial score (nSPS) is 11.7. The van der Waals surface area contributed by atoms with Crippen LogP contribution in [0.1, 0.15) is 20.3 Å². The Labute approximate surface area is 56.5 Å². The zero-order valence-electron chi connectivity index (χ0n) is 6.17. The molecule has 0 heterocycles. The summed E-state index contributed by atoms with van der Waals surface area (Å²) in [5.74, 6) is 0. The van der Waals surface area contributed by atoms with Crippen LogP contribution in [-0.4, -0.2) is 29.5 Å². The smallest absolute Gasteiger partial charge is 0.0742 e. The quantitative estimate of drug-likeness (QED) is 0.487. The largest absolute Gasteiger partial charge is 0.394 e. The molecule has 0 aliphatic carbocycles. The summed E-state index contributed by atoms with van der Waals surface area (Å²) >= 11 is 0. The van der Waals surface area contributed by atoms with E-state index in [1.165, 1.54) is 6.92 Å². The average Bonchev–Trinajstić information content (AvgIpc) is 1.89. The van der Waals surface area contributed by atoms with Crippen LogP contribution in [0.3, 0.4) is 0 Å². The van der Waals surface area contributed by atoms with Crippen LogP contribution in [-0.2, 0) is 0 Å². The maximum atomic E-state index is 8.11. The first-order valence-electron chi connectivity index (χ1n) is 3.18. The van der Waals surface area contributed by atoms with E-state index >= 15 is 0 Å². The van der Waals surface area contributed by atoms with Gasteiger partial charge in [0.25, 0.3) is 0 Å². The van der Waals surface area contributed by atoms with Crippen LogP contribution >= 0.6 is 0 Å². The van der Waals surface area contributed by atoms with Crippen LogP contribution in [0.5, 0.6) is 0 Å². The third kappa shape index (κ3) is 32.8. The average molecular weight is 135 g/mol. The van der Waals surface area contributed by atoms with E-state index in [9.17, 15) is 0 Å². The Morgan fingerprint density at radius 2 is 1.78 bits per heavy atom. The fourth-order valence-electron chi connectivity index (χ4n) is 0. The zero-order chi connectivity index (χ0) is 7.70. The molecule has 0 bridgehead atoms. The molecule has 0 saturated carbocycles. The highest BCUT2D eigenvalue weighted by atomic mass is 16.3. The van der Waals surface area contributed by atoms with Gasteiger partial charge in [0.2, 0.25) is 0 Å². The van der Waals surface area contributed by atoms with Gasteiger partial charge in [0.05, 0.1) is 12.7 Å². The van der Waals surface area contributed by atoms with E-state index in [4.69, 9.17) is 15.9 Å². The lowest BCUT2D eigenvalue weighted by atomic mass is 10.5. The van der Waals surface area contributed by atoms with Gasteiger partial charge in [0, 0.05) is 0 Å². The first-order valence-corrected chi connectivity index (χ1v) is 3.18. The van der Waals surface area contributed by atoms with Crippen molar-refractivity contribution in [2.45, 2.75) is 26.4 Å². The van der Waals surface area contributed by atoms with Crippen molar-refractivity contribution in [3.8, 4) is 0 Å². The van der Waals surface area contributed by atoms with Crippen LogP contribution in [0, 0.1) is 0 Å². The minimum atomic E-state index is -0.560. The molecule has 0 aromatic rings. The summed E-state index contributed by atoms with van der Waals surface area (Å²) in [5, 5.41) is 16.0. The van der Waals surface area contributed by atoms with Gasteiger partial charge < -0.3 is 15.9 Å². The van der Waals surface area contributed by atoms with Crippen LogP contribution in [0.2, 0.25) is 0 Å². The van der Waals surface area contributed by atoms with Crippen LogP contribution in [0.25, 0.3) is 0 Å². The van der Waals surface area contributed by atoms with Gasteiger partial charge in [-0.2, -0.15) is 0 Å². The Balaban J connectivity index is 0. The molecule has 0 aromatic carbocycles. The molecule has 0 fully saturated rings. The summed E-state index contributed by atoms with van der Waals surface area (Å²) in [6, 6.07) is 0. The van der Waals surface area contributed by atoms with Gasteiger partial charge in [0.15, 0.2) is 0 Å². The van der Waals surface area contributed by atoms with Crippen molar-refractivity contribution in [3.05, 3.63) is 0 Å². The zero-order valence-corrected chi connectivity index (χ0v) is 6.17. The molecule has 58 valence electrons. The Kier molecular flexibility index (Phi) is 14.0. The maximum Gasteiger partial charge on any atom is 0.0742 e. The van der Waals surface area contributed by atoms with Gasteiger partial charge in [-0.15, -0.1) is 0 Å². The fraction of sp³-hybridized carbons (Fsp3) is 1.00. The Bertz CT molecular complexity index is 38.0. The van der Waals surface area contributed by atoms with Gasteiger partial charge in [-0.1, -0.05) is 6.92 Å². The summed E-state index contributed by atoms with van der Waals surface area (Å²) in [5.41, 5.74) is 5.03. The second kappa shape index (κ2) is 10.8. The van der Waals surface area contributed by atoms with Crippen molar-refractivity contribution in [1.29, 1.82) is 0 Å². The second-order valence-corrected chi connectivity index (χ2v) is 1.82. The third-order valence-electron chi connectivity index (χ3n) is 0.553. The van der Waals surface area contributed by atoms with E-state index in [0.717, 1.165) is 13.0 Å². The Hall–Kier alpha value is -0.120. The standard InChI is InChI=1S/C3H9N.C3H8O2/c1-2-3-4;1-3(5)2-4/h2-4H2,1H3;3-5H,2H2,1H3. The van der Waals surface area contributed by atoms with Crippen molar-refractivity contribution in [2.75, 3.05) is 13.2 Å². The molecular weight excluding hydrogens is 118 g/mol. The molecule has 0 aliphatic heterocycles. The van der Waals surface area contributed by atoms with Crippen molar-refractivity contribution >= 4 is 0 Å². The summed E-state index contributed by atoms with van der Waals surface area (Å²) in [4.78, 5) is 0. The summed E-state index contributed by atoms with van der Waals surface area (Å²) in [6.07, 6.45) is 0.537. The Morgan fingerprint density at radius 1 is 1.56 bits per heavy atom. The lowest BCUT2D eigenvalue weighted by Crippen LogP contribution is -2.03. The molecular formula is C6H17NO2. The minimum Gasteiger partial charge on any atom is -0.394 e. The van der Waals surface area contributed by atoms with Crippen LogP contribution < -0.4 is 5.73 Å². The van der Waals surface area contributed by atoms with E-state index in [1.54, 1.807) is 0 Å². The van der Waals surface area contributed by atoms with Gasteiger partial charge in [0.1, 0.15) is 0 Å². The van der Waals surface area contributed by atoms with Gasteiger partial charge in [-0.25, -0.2) is 0 Å². The predicted molar refractivity (Wildman–Crippen MR) is 38.1 cm³/mol. The molecule has 4 N–H and O–H groups in total. The number of nitrogens with two attached hydrogens (primary N) is 1. The second-order valence-electron chi connectivity index (χ2n) is 1.82. The first kappa shape index (κ1) is 11.6. The maximum absolute atomic E-state index is 8.11. The molecule has 0 aromatic heterocycles. The minimum absolute atomic E-state index is 0.139. The highest BCUT2D eigenvalue weighted by molar-refractivity contribution is 4.34. The molecule has 3 heteroatoms. The Morgan fingerprint density at radius 3 is 1.78 bits per heavy atom. The molecule has 0 saturated heterocycles. The molecule has 0 radical (unpaired) electrons. The van der Waals surface area contributed by atoms with Crippen molar-refractivity contribution < 1.29 is 10.2 Å². The highest BCUT2D eigenvalue weighted by Crippen LogP contribution is 1.68. The molecule has 3 nitrogen and oxygen atoms in total. The van der Waals surface area contributed by atoms with Crippen molar-refractivity contribution in [1.82, 2.24) is 0 Å². The molecule has 9 heavy (non-hydrogen) atoms. The number of hydrogen-bond donors (Lipinski definition) is 3. The number of hydrogen-bond acceptors (Lipinski definition) is 3. The lowest BCUT2D eigenvalue weighted by molar-refractivity contribution is 0.110. The molecule has 0 amide bonds. The molecule has 1 unspecified atom stereocenters. The summed E-state index contributed by atoms with van der Waals surface area (Å²) in [7, 11) is 0. The van der Waals surface area contributed by atoms with E-state index in [-0.39, 0.29) is 6.61 Å². The molecule has 0 spiro atoms. The van der Waals surface area contributed by atoms with Crippen molar-refractivity contribution in [2.24, 2.45) is 5.73 Å². The lowest BCUT2D eigenvalue weighted by Gasteiger charge is -1.90. The van der Waals surface area contributed by atoms with E-state index in [0.29, 0.717) is 0 Å². The van der Waals surface area contributed by atoms with Gasteiger partial charge in [-0.3, -0.25) is 0 Å². The predicted octanol–water partition coefficient (Wildman–Crippen LogP) is -0.285. The summed E-state index contributed by atoms with van der Waals surface area (Å²) < 4.78 is 0.